The third-order valence-electron chi connectivity index (χ3n) is 8.43. The van der Waals surface area contributed by atoms with Gasteiger partial charge in [-0.1, -0.05) is 75.2 Å². The first kappa shape index (κ1) is 28.7. The largest absolute Gasteiger partial charge is 0.465 e. The maximum absolute atomic E-state index is 14.2. The van der Waals surface area contributed by atoms with Gasteiger partial charge < -0.3 is 30.5 Å². The van der Waals surface area contributed by atoms with Crippen LogP contribution in [-0.4, -0.2) is 69.8 Å². The van der Waals surface area contributed by atoms with E-state index in [2.05, 4.69) is 54.1 Å². The molecule has 0 bridgehead atoms. The lowest BCUT2D eigenvalue weighted by Crippen LogP contribution is -2.54. The summed E-state index contributed by atoms with van der Waals surface area (Å²) in [6, 6.07) is 18.0. The molecule has 9 nitrogen and oxygen atoms in total. The molecule has 4 N–H and O–H groups in total. The van der Waals surface area contributed by atoms with Crippen molar-refractivity contribution in [1.82, 2.24) is 25.1 Å². The first-order valence-corrected chi connectivity index (χ1v) is 14.9. The van der Waals surface area contributed by atoms with Crippen molar-refractivity contribution in [2.75, 3.05) is 31.5 Å². The maximum Gasteiger partial charge on any atom is 0.404 e. The number of rotatable bonds is 9. The summed E-state index contributed by atoms with van der Waals surface area (Å²) < 4.78 is 2.05. The maximum atomic E-state index is 14.2. The molecule has 2 fully saturated rings. The Morgan fingerprint density at radius 1 is 1.07 bits per heavy atom. The number of aromatic nitrogens is 2. The highest BCUT2D eigenvalue weighted by molar-refractivity contribution is 5.98. The number of anilines is 1. The molecule has 41 heavy (non-hydrogen) atoms. The highest BCUT2D eigenvalue weighted by Gasteiger charge is 2.35. The third kappa shape index (κ3) is 6.56. The van der Waals surface area contributed by atoms with Crippen LogP contribution >= 0.6 is 0 Å². The van der Waals surface area contributed by atoms with E-state index in [1.54, 1.807) is 6.33 Å². The van der Waals surface area contributed by atoms with Crippen LogP contribution in [-0.2, 0) is 0 Å². The predicted molar refractivity (Wildman–Crippen MR) is 161 cm³/mol. The van der Waals surface area contributed by atoms with Crippen LogP contribution in [0.1, 0.15) is 74.0 Å². The van der Waals surface area contributed by atoms with Crippen molar-refractivity contribution in [3.05, 3.63) is 72.2 Å². The van der Waals surface area contributed by atoms with E-state index in [0.29, 0.717) is 18.2 Å². The number of benzene rings is 2. The van der Waals surface area contributed by atoms with Gasteiger partial charge in [0.2, 0.25) is 0 Å². The normalized spacial score (nSPS) is 21.0. The molecule has 3 aromatic rings. The predicted octanol–water partition coefficient (Wildman–Crippen LogP) is 5.34. The number of carboxylic acid groups (broad SMARTS) is 1. The van der Waals surface area contributed by atoms with E-state index in [1.165, 1.54) is 5.56 Å². The lowest BCUT2D eigenvalue weighted by molar-refractivity contribution is 0.0624. The molecule has 1 saturated heterocycles. The fourth-order valence-corrected chi connectivity index (χ4v) is 6.38. The second kappa shape index (κ2) is 13.2. The van der Waals surface area contributed by atoms with Crippen LogP contribution in [0.15, 0.2) is 60.9 Å². The van der Waals surface area contributed by atoms with Crippen LogP contribution in [0.4, 0.5) is 10.5 Å². The summed E-state index contributed by atoms with van der Waals surface area (Å²) in [5.41, 5.74) is 4.54. The Balaban J connectivity index is 1.40. The molecule has 1 aromatic heterocycles. The van der Waals surface area contributed by atoms with Crippen LogP contribution in [0.3, 0.4) is 0 Å². The summed E-state index contributed by atoms with van der Waals surface area (Å²) in [5, 5.41) is 19.3. The molecule has 3 atom stereocenters. The summed E-state index contributed by atoms with van der Waals surface area (Å²) in [6.45, 7) is 7.23. The van der Waals surface area contributed by atoms with Gasteiger partial charge in [0.15, 0.2) is 5.69 Å². The Labute approximate surface area is 242 Å². The van der Waals surface area contributed by atoms with Crippen LogP contribution in [0.25, 0.3) is 11.3 Å². The summed E-state index contributed by atoms with van der Waals surface area (Å²) in [5.74, 6) is 0.351. The molecule has 0 unspecified atom stereocenters. The number of carbonyl (C=O) groups excluding carboxylic acids is 1. The van der Waals surface area contributed by atoms with E-state index in [4.69, 9.17) is 4.98 Å². The van der Waals surface area contributed by atoms with Crippen molar-refractivity contribution >= 4 is 17.7 Å². The lowest BCUT2D eigenvalue weighted by Gasteiger charge is -2.36. The summed E-state index contributed by atoms with van der Waals surface area (Å²) in [6.07, 6.45) is 5.09. The molecule has 2 aromatic carbocycles. The van der Waals surface area contributed by atoms with Crippen LogP contribution in [0.5, 0.6) is 0 Å². The van der Waals surface area contributed by atoms with E-state index in [0.717, 1.165) is 68.7 Å². The van der Waals surface area contributed by atoms with Crippen molar-refractivity contribution in [3.8, 4) is 11.3 Å². The minimum absolute atomic E-state index is 0.0276. The smallest absolute Gasteiger partial charge is 0.404 e. The van der Waals surface area contributed by atoms with E-state index < -0.39 is 6.09 Å². The number of amides is 2. The van der Waals surface area contributed by atoms with E-state index in [1.807, 2.05) is 39.8 Å². The molecule has 0 spiro atoms. The van der Waals surface area contributed by atoms with Crippen LogP contribution in [0, 0.1) is 0 Å². The molecule has 5 rings (SSSR count). The topological polar surface area (TPSA) is 112 Å². The van der Waals surface area contributed by atoms with Gasteiger partial charge in [-0.05, 0) is 36.8 Å². The summed E-state index contributed by atoms with van der Waals surface area (Å²) in [7, 11) is 0. The van der Waals surface area contributed by atoms with E-state index >= 15 is 0 Å². The van der Waals surface area contributed by atoms with E-state index in [-0.39, 0.29) is 24.0 Å². The molecule has 1 saturated carbocycles. The van der Waals surface area contributed by atoms with Gasteiger partial charge in [0.25, 0.3) is 5.91 Å². The van der Waals surface area contributed by atoms with Gasteiger partial charge in [-0.2, -0.15) is 0 Å². The number of carbonyl (C=O) groups is 2. The number of hydrogen-bond donors (Lipinski definition) is 4. The van der Waals surface area contributed by atoms with Crippen LogP contribution in [0.2, 0.25) is 0 Å². The second-order valence-electron chi connectivity index (χ2n) is 11.4. The van der Waals surface area contributed by atoms with Gasteiger partial charge in [-0.3, -0.25) is 4.79 Å². The standard InChI is InChI=1S/C32H42N6O3/c1-22(2)25-12-6-7-13-26(25)34-17-16-24-20-33-18-19-37(24)31(39)29-30(23-10-4-3-5-11-23)38(21-35-29)28-15-9-8-14-27(28)36-32(40)41/h3-7,10-13,21-22,24,27-28,33-34,36H,8-9,14-20H2,1-2H3,(H,40,41)/t24-,27+,28+/m1/s1. The first-order valence-electron chi connectivity index (χ1n) is 14.9. The lowest BCUT2D eigenvalue weighted by atomic mass is 9.89. The number of nitrogens with one attached hydrogen (secondary N) is 3. The number of imidazole rings is 1. The molecular weight excluding hydrogens is 516 g/mol. The van der Waals surface area contributed by atoms with E-state index in [9.17, 15) is 14.7 Å². The molecule has 1 aliphatic heterocycles. The van der Waals surface area contributed by atoms with Crippen molar-refractivity contribution < 1.29 is 14.7 Å². The summed E-state index contributed by atoms with van der Waals surface area (Å²) in [4.78, 5) is 32.5. The zero-order valence-corrected chi connectivity index (χ0v) is 24.1. The molecule has 2 aliphatic rings. The minimum Gasteiger partial charge on any atom is -0.465 e. The van der Waals surface area contributed by atoms with Crippen molar-refractivity contribution in [2.24, 2.45) is 0 Å². The minimum atomic E-state index is -1.02. The zero-order chi connectivity index (χ0) is 28.8. The molecule has 2 heterocycles. The Bertz CT molecular complexity index is 1320. The number of piperazine rings is 1. The zero-order valence-electron chi connectivity index (χ0n) is 24.1. The SMILES string of the molecule is CC(C)c1ccccc1NCC[C@@H]1CNCCN1C(=O)c1ncn([C@H]2CCCC[C@@H]2NC(=O)O)c1-c1ccccc1. The average Bonchev–Trinajstić information content (AvgIpc) is 3.43. The second-order valence-corrected chi connectivity index (χ2v) is 11.4. The van der Waals surface area contributed by atoms with Crippen molar-refractivity contribution in [1.29, 1.82) is 0 Å². The third-order valence-corrected chi connectivity index (χ3v) is 8.43. The summed E-state index contributed by atoms with van der Waals surface area (Å²) >= 11 is 0. The Morgan fingerprint density at radius 3 is 2.61 bits per heavy atom. The van der Waals surface area contributed by atoms with Crippen molar-refractivity contribution in [3.63, 3.8) is 0 Å². The van der Waals surface area contributed by atoms with Crippen LogP contribution < -0.4 is 16.0 Å². The first-order chi connectivity index (χ1) is 19.9. The molecular formula is C32H42N6O3. The quantitative estimate of drug-likeness (QED) is 0.282. The highest BCUT2D eigenvalue weighted by atomic mass is 16.4. The molecule has 2 amide bonds. The molecule has 0 radical (unpaired) electrons. The number of para-hydroxylation sites is 1. The Kier molecular flexibility index (Phi) is 9.24. The van der Waals surface area contributed by atoms with Gasteiger partial charge >= 0.3 is 6.09 Å². The monoisotopic (exact) mass is 558 g/mol. The molecule has 218 valence electrons. The van der Waals surface area contributed by atoms with Crippen molar-refractivity contribution in [2.45, 2.75) is 70.0 Å². The molecule has 1 aliphatic carbocycles. The number of hydrogen-bond acceptors (Lipinski definition) is 5. The van der Waals surface area contributed by atoms with Gasteiger partial charge in [0.1, 0.15) is 0 Å². The van der Waals surface area contributed by atoms with Gasteiger partial charge in [0.05, 0.1) is 24.1 Å². The molecule has 9 heteroatoms. The highest BCUT2D eigenvalue weighted by Crippen LogP contribution is 2.35. The van der Waals surface area contributed by atoms with Gasteiger partial charge in [-0.15, -0.1) is 0 Å². The number of nitrogens with zero attached hydrogens (tertiary/aromatic N) is 3. The average molecular weight is 559 g/mol. The Hall–Kier alpha value is -3.85. The Morgan fingerprint density at radius 2 is 1.83 bits per heavy atom. The van der Waals surface area contributed by atoms with Gasteiger partial charge in [0, 0.05) is 43.5 Å². The fraction of sp³-hybridized carbons (Fsp3) is 0.469. The fourth-order valence-electron chi connectivity index (χ4n) is 6.38. The van der Waals surface area contributed by atoms with Gasteiger partial charge in [-0.25, -0.2) is 9.78 Å².